The third-order valence-corrected chi connectivity index (χ3v) is 3.23. The molecule has 1 saturated heterocycles. The molecular formula is C12H18N2O3. The number of hydrogen-bond acceptors (Lipinski definition) is 4. The number of nitrogens with zero attached hydrogens (tertiary/aromatic N) is 1. The van der Waals surface area contributed by atoms with Crippen molar-refractivity contribution >= 4 is 0 Å². The molecule has 0 saturated carbocycles. The molecule has 1 aromatic rings. The lowest BCUT2D eigenvalue weighted by atomic mass is 10.0. The van der Waals surface area contributed by atoms with E-state index in [2.05, 4.69) is 9.97 Å². The van der Waals surface area contributed by atoms with Gasteiger partial charge < -0.3 is 14.8 Å². The van der Waals surface area contributed by atoms with Crippen LogP contribution in [0.1, 0.15) is 50.9 Å². The van der Waals surface area contributed by atoms with Crippen molar-refractivity contribution < 1.29 is 9.84 Å². The van der Waals surface area contributed by atoms with Crippen molar-refractivity contribution in [3.63, 3.8) is 0 Å². The highest BCUT2D eigenvalue weighted by Crippen LogP contribution is 2.34. The lowest BCUT2D eigenvalue weighted by Crippen LogP contribution is -2.28. The molecule has 17 heavy (non-hydrogen) atoms. The molecule has 2 rings (SSSR count). The third kappa shape index (κ3) is 2.07. The molecule has 0 aliphatic carbocycles. The van der Waals surface area contributed by atoms with E-state index >= 15 is 0 Å². The van der Waals surface area contributed by atoms with E-state index < -0.39 is 5.60 Å². The van der Waals surface area contributed by atoms with E-state index in [-0.39, 0.29) is 17.4 Å². The van der Waals surface area contributed by atoms with Crippen LogP contribution in [0.25, 0.3) is 0 Å². The molecule has 0 spiro atoms. The summed E-state index contributed by atoms with van der Waals surface area (Å²) in [6.07, 6.45) is 1.74. The van der Waals surface area contributed by atoms with Gasteiger partial charge in [-0.25, -0.2) is 0 Å². The topological polar surface area (TPSA) is 75.2 Å². The van der Waals surface area contributed by atoms with Gasteiger partial charge in [-0.15, -0.1) is 0 Å². The molecule has 0 aromatic carbocycles. The standard InChI is InChI=1S/C12H18N2O3/c1-7(2)8-9(15)13-11(14-10(8)16)12(3)5-4-6-17-12/h7H,4-6H2,1-3H3,(H2,13,14,15,16). The molecule has 5 nitrogen and oxygen atoms in total. The van der Waals surface area contributed by atoms with Gasteiger partial charge in [0.15, 0.2) is 0 Å². The monoisotopic (exact) mass is 238 g/mol. The normalized spacial score (nSPS) is 24.5. The van der Waals surface area contributed by atoms with Crippen LogP contribution in [-0.2, 0) is 10.3 Å². The largest absolute Gasteiger partial charge is 0.493 e. The van der Waals surface area contributed by atoms with Gasteiger partial charge in [-0.2, -0.15) is 4.98 Å². The summed E-state index contributed by atoms with van der Waals surface area (Å²) in [4.78, 5) is 18.7. The lowest BCUT2D eigenvalue weighted by Gasteiger charge is -2.22. The van der Waals surface area contributed by atoms with Crippen LogP contribution in [0, 0.1) is 0 Å². The van der Waals surface area contributed by atoms with E-state index in [1.54, 1.807) is 0 Å². The van der Waals surface area contributed by atoms with Gasteiger partial charge in [0.25, 0.3) is 5.56 Å². The maximum absolute atomic E-state index is 11.9. The third-order valence-electron chi connectivity index (χ3n) is 3.23. The first kappa shape index (κ1) is 12.1. The summed E-state index contributed by atoms with van der Waals surface area (Å²) in [5.74, 6) is 0.176. The molecule has 0 amide bonds. The van der Waals surface area contributed by atoms with E-state index in [0.29, 0.717) is 18.0 Å². The maximum Gasteiger partial charge on any atom is 0.258 e. The Bertz CT molecular complexity index is 473. The molecule has 0 bridgehead atoms. The number of nitrogens with one attached hydrogen (secondary N) is 1. The van der Waals surface area contributed by atoms with Crippen LogP contribution in [0.3, 0.4) is 0 Å². The number of hydrogen-bond donors (Lipinski definition) is 2. The Morgan fingerprint density at radius 3 is 2.71 bits per heavy atom. The van der Waals surface area contributed by atoms with Crippen molar-refractivity contribution in [1.82, 2.24) is 9.97 Å². The summed E-state index contributed by atoms with van der Waals surface area (Å²) in [5.41, 5.74) is -0.527. The number of rotatable bonds is 2. The Morgan fingerprint density at radius 1 is 1.53 bits per heavy atom. The summed E-state index contributed by atoms with van der Waals surface area (Å²) in [6, 6.07) is 0. The second-order valence-electron chi connectivity index (χ2n) is 4.99. The summed E-state index contributed by atoms with van der Waals surface area (Å²) in [6.45, 7) is 6.23. The zero-order valence-electron chi connectivity index (χ0n) is 10.4. The van der Waals surface area contributed by atoms with Crippen molar-refractivity contribution in [1.29, 1.82) is 0 Å². The van der Waals surface area contributed by atoms with Gasteiger partial charge in [0, 0.05) is 6.61 Å². The SMILES string of the molecule is CC(C)c1c(O)nc(C2(C)CCCO2)[nH]c1=O. The highest BCUT2D eigenvalue weighted by atomic mass is 16.5. The molecule has 1 unspecified atom stereocenters. The Balaban J connectivity index is 2.49. The van der Waals surface area contributed by atoms with Crippen LogP contribution >= 0.6 is 0 Å². The van der Waals surface area contributed by atoms with Crippen LogP contribution in [0.15, 0.2) is 4.79 Å². The molecule has 1 aromatic heterocycles. The first-order valence-corrected chi connectivity index (χ1v) is 5.91. The molecule has 5 heteroatoms. The fourth-order valence-electron chi connectivity index (χ4n) is 2.21. The number of aromatic amines is 1. The van der Waals surface area contributed by atoms with Crippen LogP contribution in [0.2, 0.25) is 0 Å². The van der Waals surface area contributed by atoms with Crippen molar-refractivity contribution in [2.75, 3.05) is 6.61 Å². The van der Waals surface area contributed by atoms with E-state index in [4.69, 9.17) is 4.74 Å². The van der Waals surface area contributed by atoms with E-state index in [9.17, 15) is 9.90 Å². The first-order chi connectivity index (χ1) is 7.94. The minimum absolute atomic E-state index is 0.0578. The quantitative estimate of drug-likeness (QED) is 0.821. The maximum atomic E-state index is 11.9. The second-order valence-corrected chi connectivity index (χ2v) is 4.99. The van der Waals surface area contributed by atoms with Gasteiger partial charge in [0.05, 0.1) is 5.56 Å². The lowest BCUT2D eigenvalue weighted by molar-refractivity contribution is 0.00859. The first-order valence-electron chi connectivity index (χ1n) is 5.91. The Morgan fingerprint density at radius 2 is 2.24 bits per heavy atom. The van der Waals surface area contributed by atoms with Crippen molar-refractivity contribution in [3.8, 4) is 5.88 Å². The van der Waals surface area contributed by atoms with Crippen LogP contribution in [-0.4, -0.2) is 21.7 Å². The fourth-order valence-corrected chi connectivity index (χ4v) is 2.21. The average Bonchev–Trinajstić information content (AvgIpc) is 2.64. The minimum Gasteiger partial charge on any atom is -0.493 e. The molecule has 0 radical (unpaired) electrons. The second kappa shape index (κ2) is 4.14. The molecule has 1 aliphatic heterocycles. The number of ether oxygens (including phenoxy) is 1. The fraction of sp³-hybridized carbons (Fsp3) is 0.667. The van der Waals surface area contributed by atoms with E-state index in [0.717, 1.165) is 12.8 Å². The van der Waals surface area contributed by atoms with Gasteiger partial charge in [0.2, 0.25) is 5.88 Å². The van der Waals surface area contributed by atoms with Crippen molar-refractivity contribution in [2.24, 2.45) is 0 Å². The summed E-state index contributed by atoms with van der Waals surface area (Å²) in [5, 5.41) is 9.83. The molecule has 2 N–H and O–H groups in total. The van der Waals surface area contributed by atoms with E-state index in [1.807, 2.05) is 20.8 Å². The zero-order valence-corrected chi connectivity index (χ0v) is 10.4. The molecule has 94 valence electrons. The minimum atomic E-state index is -0.577. The van der Waals surface area contributed by atoms with Gasteiger partial charge in [0.1, 0.15) is 11.4 Å². The molecule has 1 fully saturated rings. The Labute approximate surface area is 99.9 Å². The Hall–Kier alpha value is -1.36. The highest BCUT2D eigenvalue weighted by molar-refractivity contribution is 5.26. The number of aromatic hydroxyl groups is 1. The van der Waals surface area contributed by atoms with Crippen LogP contribution in [0.5, 0.6) is 5.88 Å². The summed E-state index contributed by atoms with van der Waals surface area (Å²) in [7, 11) is 0. The highest BCUT2D eigenvalue weighted by Gasteiger charge is 2.35. The van der Waals surface area contributed by atoms with Gasteiger partial charge >= 0.3 is 0 Å². The van der Waals surface area contributed by atoms with Gasteiger partial charge in [-0.1, -0.05) is 13.8 Å². The van der Waals surface area contributed by atoms with Crippen LogP contribution < -0.4 is 5.56 Å². The van der Waals surface area contributed by atoms with E-state index in [1.165, 1.54) is 0 Å². The smallest absolute Gasteiger partial charge is 0.258 e. The predicted octanol–water partition coefficient (Wildman–Crippen LogP) is 1.62. The Kier molecular flexibility index (Phi) is 2.95. The van der Waals surface area contributed by atoms with Crippen molar-refractivity contribution in [2.45, 2.75) is 45.1 Å². The molecule has 2 heterocycles. The number of aromatic nitrogens is 2. The molecule has 1 aliphatic rings. The number of H-pyrrole nitrogens is 1. The summed E-state index contributed by atoms with van der Waals surface area (Å²) >= 11 is 0. The predicted molar refractivity (Wildman–Crippen MR) is 63.1 cm³/mol. The summed E-state index contributed by atoms with van der Waals surface area (Å²) < 4.78 is 5.59. The van der Waals surface area contributed by atoms with Gasteiger partial charge in [-0.05, 0) is 25.7 Å². The average molecular weight is 238 g/mol. The molecular weight excluding hydrogens is 220 g/mol. The van der Waals surface area contributed by atoms with Crippen LogP contribution in [0.4, 0.5) is 0 Å². The zero-order chi connectivity index (χ0) is 12.6. The van der Waals surface area contributed by atoms with Crippen molar-refractivity contribution in [3.05, 3.63) is 21.7 Å². The van der Waals surface area contributed by atoms with Gasteiger partial charge in [-0.3, -0.25) is 4.79 Å². The molecule has 1 atom stereocenters.